The Balaban J connectivity index is 0.991. The van der Waals surface area contributed by atoms with E-state index in [0.717, 1.165) is 6.42 Å². The predicted octanol–water partition coefficient (Wildman–Crippen LogP) is 14.0. The zero-order chi connectivity index (χ0) is 33.0. The van der Waals surface area contributed by atoms with Crippen LogP contribution in [0.3, 0.4) is 0 Å². The van der Waals surface area contributed by atoms with Gasteiger partial charge in [0.2, 0.25) is 0 Å². The normalized spacial score (nSPS) is 11.9. The van der Waals surface area contributed by atoms with Gasteiger partial charge in [0.1, 0.15) is 0 Å². The Morgan fingerprint density at radius 1 is 0.280 bits per heavy atom. The molecule has 0 saturated carbocycles. The van der Waals surface area contributed by atoms with E-state index in [4.69, 9.17) is 0 Å². The van der Waals surface area contributed by atoms with Crippen molar-refractivity contribution in [1.82, 2.24) is 0 Å². The molecule has 10 rings (SSSR count). The molecule has 0 unspecified atom stereocenters. The largest absolute Gasteiger partial charge is 0.135 e. The van der Waals surface area contributed by atoms with Crippen LogP contribution < -0.4 is 0 Å². The third-order valence-corrected chi connectivity index (χ3v) is 11.5. The molecule has 0 nitrogen and oxygen atoms in total. The predicted molar refractivity (Wildman–Crippen MR) is 215 cm³/mol. The van der Waals surface area contributed by atoms with Gasteiger partial charge in [-0.1, -0.05) is 152 Å². The lowest BCUT2D eigenvalue weighted by atomic mass is 9.92. The van der Waals surface area contributed by atoms with Crippen molar-refractivity contribution in [2.45, 2.75) is 6.42 Å². The summed E-state index contributed by atoms with van der Waals surface area (Å²) in [7, 11) is 0. The fraction of sp³-hybridized carbons (Fsp3) is 0.0204. The number of hydrogen-bond acceptors (Lipinski definition) is 1. The van der Waals surface area contributed by atoms with Crippen molar-refractivity contribution in [1.29, 1.82) is 0 Å². The van der Waals surface area contributed by atoms with Crippen LogP contribution in [0, 0.1) is 0 Å². The Labute approximate surface area is 296 Å². The van der Waals surface area contributed by atoms with Crippen LogP contribution >= 0.6 is 11.3 Å². The summed E-state index contributed by atoms with van der Waals surface area (Å²) in [6.07, 6.45) is 0.921. The Bertz CT molecular complexity index is 2710. The van der Waals surface area contributed by atoms with Crippen molar-refractivity contribution in [3.8, 4) is 66.8 Å². The van der Waals surface area contributed by atoms with Crippen LogP contribution in [0.2, 0.25) is 0 Å². The molecule has 0 radical (unpaired) electrons. The molecular weight excluding hydrogens is 621 g/mol. The van der Waals surface area contributed by atoms with Gasteiger partial charge < -0.3 is 0 Å². The molecule has 50 heavy (non-hydrogen) atoms. The molecule has 0 spiro atoms. The number of thiophene rings is 1. The maximum Gasteiger partial charge on any atom is 0.0355 e. The summed E-state index contributed by atoms with van der Waals surface area (Å²) >= 11 is 1.87. The summed E-state index contributed by atoms with van der Waals surface area (Å²) in [6, 6.07) is 67.0. The molecule has 1 aliphatic rings. The summed E-state index contributed by atoms with van der Waals surface area (Å²) in [6.45, 7) is 0. The average Bonchev–Trinajstić information content (AvgIpc) is 3.77. The molecule has 234 valence electrons. The first-order chi connectivity index (χ1) is 24.8. The SMILES string of the molecule is c1ccc(-c2ccc(-c3cccc(-c4cccc5c4Cc4c(-c6cccc(-c7ccc8sc9ccccc9c8c7)c6)cccc4-5)c3)cc2)cc1. The lowest BCUT2D eigenvalue weighted by molar-refractivity contribution is 1.26. The van der Waals surface area contributed by atoms with Crippen LogP contribution in [0.5, 0.6) is 0 Å². The Hall–Kier alpha value is -6.02. The molecule has 0 saturated heterocycles. The zero-order valence-electron chi connectivity index (χ0n) is 27.4. The van der Waals surface area contributed by atoms with Crippen molar-refractivity contribution in [2.24, 2.45) is 0 Å². The molecule has 0 aliphatic heterocycles. The number of rotatable bonds is 5. The molecule has 1 heteroatoms. The van der Waals surface area contributed by atoms with Gasteiger partial charge in [0.25, 0.3) is 0 Å². The van der Waals surface area contributed by atoms with Crippen LogP contribution in [0.15, 0.2) is 182 Å². The highest BCUT2D eigenvalue weighted by atomic mass is 32.1. The minimum absolute atomic E-state index is 0.921. The quantitative estimate of drug-likeness (QED) is 0.174. The van der Waals surface area contributed by atoms with Crippen molar-refractivity contribution >= 4 is 31.5 Å². The number of benzene rings is 8. The van der Waals surface area contributed by atoms with E-state index < -0.39 is 0 Å². The second-order valence-electron chi connectivity index (χ2n) is 13.3. The van der Waals surface area contributed by atoms with Gasteiger partial charge in [0, 0.05) is 20.2 Å². The molecule has 8 aromatic carbocycles. The van der Waals surface area contributed by atoms with Crippen molar-refractivity contribution in [3.63, 3.8) is 0 Å². The average molecular weight is 653 g/mol. The molecule has 1 heterocycles. The van der Waals surface area contributed by atoms with Gasteiger partial charge in [0.05, 0.1) is 0 Å². The van der Waals surface area contributed by atoms with Gasteiger partial charge in [-0.05, 0) is 115 Å². The lowest BCUT2D eigenvalue weighted by Gasteiger charge is -2.12. The fourth-order valence-electron chi connectivity index (χ4n) is 7.90. The van der Waals surface area contributed by atoms with Gasteiger partial charge in [-0.15, -0.1) is 11.3 Å². The van der Waals surface area contributed by atoms with Crippen molar-refractivity contribution in [3.05, 3.63) is 193 Å². The van der Waals surface area contributed by atoms with Crippen molar-refractivity contribution in [2.75, 3.05) is 0 Å². The van der Waals surface area contributed by atoms with E-state index in [1.807, 2.05) is 11.3 Å². The first-order valence-corrected chi connectivity index (χ1v) is 18.1. The number of hydrogen-bond donors (Lipinski definition) is 0. The molecular formula is C49H32S. The highest BCUT2D eigenvalue weighted by Gasteiger charge is 2.24. The molecule has 0 N–H and O–H groups in total. The zero-order valence-corrected chi connectivity index (χ0v) is 28.3. The van der Waals surface area contributed by atoms with E-state index in [0.29, 0.717) is 0 Å². The Morgan fingerprint density at radius 2 is 0.720 bits per heavy atom. The Morgan fingerprint density at radius 3 is 1.40 bits per heavy atom. The third-order valence-electron chi connectivity index (χ3n) is 10.4. The molecule has 0 amide bonds. The van der Waals surface area contributed by atoms with Crippen LogP contribution in [0.25, 0.3) is 86.9 Å². The van der Waals surface area contributed by atoms with Crippen LogP contribution in [0.1, 0.15) is 11.1 Å². The summed E-state index contributed by atoms with van der Waals surface area (Å²) in [5, 5.41) is 2.68. The first kappa shape index (κ1) is 28.9. The standard InChI is InChI=1S/C49H32S/c1-2-10-32(11-3-1)33-22-24-34(25-23-33)35-12-6-14-38(28-35)40-17-8-19-42-43-20-9-18-41(46(43)31-45(40)42)39-15-7-13-36(29-39)37-26-27-49-47(30-37)44-16-4-5-21-48(44)50-49/h1-30H,31H2. The topological polar surface area (TPSA) is 0 Å². The van der Waals surface area contributed by atoms with Gasteiger partial charge in [0.15, 0.2) is 0 Å². The van der Waals surface area contributed by atoms with Crippen LogP contribution in [-0.2, 0) is 6.42 Å². The molecule has 9 aromatic rings. The summed E-state index contributed by atoms with van der Waals surface area (Å²) in [5.74, 6) is 0. The molecule has 0 fully saturated rings. The molecule has 0 atom stereocenters. The highest BCUT2D eigenvalue weighted by Crippen LogP contribution is 2.46. The Kier molecular flexibility index (Phi) is 6.85. The minimum atomic E-state index is 0.921. The van der Waals surface area contributed by atoms with Gasteiger partial charge in [-0.3, -0.25) is 0 Å². The maximum absolute atomic E-state index is 2.38. The third kappa shape index (κ3) is 4.90. The smallest absolute Gasteiger partial charge is 0.0355 e. The van der Waals surface area contributed by atoms with E-state index >= 15 is 0 Å². The second kappa shape index (κ2) is 11.8. The van der Waals surface area contributed by atoms with Crippen molar-refractivity contribution < 1.29 is 0 Å². The van der Waals surface area contributed by atoms with E-state index in [1.54, 1.807) is 0 Å². The lowest BCUT2D eigenvalue weighted by Crippen LogP contribution is -1.91. The van der Waals surface area contributed by atoms with E-state index in [9.17, 15) is 0 Å². The van der Waals surface area contributed by atoms with Gasteiger partial charge in [-0.2, -0.15) is 0 Å². The van der Waals surface area contributed by atoms with Crippen LogP contribution in [0.4, 0.5) is 0 Å². The summed E-state index contributed by atoms with van der Waals surface area (Å²) in [5.41, 5.74) is 18.2. The van der Waals surface area contributed by atoms with Gasteiger partial charge >= 0.3 is 0 Å². The van der Waals surface area contributed by atoms with E-state index in [-0.39, 0.29) is 0 Å². The molecule has 0 bridgehead atoms. The van der Waals surface area contributed by atoms with Crippen LogP contribution in [-0.4, -0.2) is 0 Å². The van der Waals surface area contributed by atoms with E-state index in [2.05, 4.69) is 182 Å². The summed E-state index contributed by atoms with van der Waals surface area (Å²) in [4.78, 5) is 0. The highest BCUT2D eigenvalue weighted by molar-refractivity contribution is 7.25. The van der Waals surface area contributed by atoms with Gasteiger partial charge in [-0.25, -0.2) is 0 Å². The number of fused-ring (bicyclic) bond motifs is 6. The monoisotopic (exact) mass is 652 g/mol. The maximum atomic E-state index is 2.38. The minimum Gasteiger partial charge on any atom is -0.135 e. The summed E-state index contributed by atoms with van der Waals surface area (Å²) < 4.78 is 2.68. The van der Waals surface area contributed by atoms with E-state index in [1.165, 1.54) is 98.1 Å². The second-order valence-corrected chi connectivity index (χ2v) is 14.3. The molecule has 1 aromatic heterocycles. The molecule has 1 aliphatic carbocycles. The first-order valence-electron chi connectivity index (χ1n) is 17.3. The fourth-order valence-corrected chi connectivity index (χ4v) is 8.99.